The minimum atomic E-state index is -3.83. The molecule has 154 valence electrons. The van der Waals surface area contributed by atoms with Gasteiger partial charge in [0.1, 0.15) is 12.4 Å². The highest BCUT2D eigenvalue weighted by molar-refractivity contribution is 7.89. The van der Waals surface area contributed by atoms with E-state index in [1.807, 2.05) is 30.3 Å². The number of nitrogens with two attached hydrogens (primary N) is 1. The van der Waals surface area contributed by atoms with Crippen LogP contribution >= 0.6 is 0 Å². The van der Waals surface area contributed by atoms with Gasteiger partial charge in [0, 0.05) is 13.1 Å². The molecule has 2 aromatic carbocycles. The van der Waals surface area contributed by atoms with Gasteiger partial charge in [-0.2, -0.15) is 4.31 Å². The topological polar surface area (TPSA) is 128 Å². The van der Waals surface area contributed by atoms with E-state index in [9.17, 15) is 18.0 Å². The number of nitrogens with zero attached hydrogens (tertiary/aromatic N) is 1. The summed E-state index contributed by atoms with van der Waals surface area (Å²) in [6.45, 7) is 0.324. The molecule has 1 heterocycles. The molecule has 0 bridgehead atoms. The zero-order chi connectivity index (χ0) is 21.0. The van der Waals surface area contributed by atoms with Gasteiger partial charge in [0.05, 0.1) is 23.6 Å². The molecule has 0 saturated carbocycles. The van der Waals surface area contributed by atoms with Crippen LogP contribution < -0.4 is 15.8 Å². The van der Waals surface area contributed by atoms with Crippen molar-refractivity contribution in [3.8, 4) is 5.75 Å². The first-order chi connectivity index (χ1) is 13.8. The predicted octanol–water partition coefficient (Wildman–Crippen LogP) is 1.09. The van der Waals surface area contributed by atoms with Crippen LogP contribution in [-0.4, -0.2) is 51.0 Å². The first kappa shape index (κ1) is 20.6. The number of carbonyl (C=O) groups is 2. The Kier molecular flexibility index (Phi) is 6.04. The number of amides is 2. The number of methoxy groups -OCH3 is 1. The number of alkyl carbamates (subject to hydrolysis) is 1. The Labute approximate surface area is 168 Å². The Morgan fingerprint density at radius 1 is 1.17 bits per heavy atom. The monoisotopic (exact) mass is 419 g/mol. The summed E-state index contributed by atoms with van der Waals surface area (Å²) < 4.78 is 36.8. The molecule has 1 aliphatic rings. The van der Waals surface area contributed by atoms with Crippen molar-refractivity contribution in [2.45, 2.75) is 17.5 Å². The largest absolute Gasteiger partial charge is 0.496 e. The molecule has 0 atom stereocenters. The third-order valence-electron chi connectivity index (χ3n) is 4.46. The molecule has 29 heavy (non-hydrogen) atoms. The van der Waals surface area contributed by atoms with Crippen molar-refractivity contribution in [3.05, 3.63) is 59.7 Å². The third kappa shape index (κ3) is 4.66. The molecule has 0 radical (unpaired) electrons. The van der Waals surface area contributed by atoms with Gasteiger partial charge in [-0.3, -0.25) is 4.79 Å². The van der Waals surface area contributed by atoms with Gasteiger partial charge < -0.3 is 20.5 Å². The van der Waals surface area contributed by atoms with Crippen molar-refractivity contribution in [2.24, 2.45) is 5.73 Å². The summed E-state index contributed by atoms with van der Waals surface area (Å²) in [4.78, 5) is 23.3. The first-order valence-electron chi connectivity index (χ1n) is 8.76. The minimum absolute atomic E-state index is 0.0201. The summed E-state index contributed by atoms with van der Waals surface area (Å²) >= 11 is 0. The van der Waals surface area contributed by atoms with Gasteiger partial charge in [0.2, 0.25) is 10.0 Å². The summed E-state index contributed by atoms with van der Waals surface area (Å²) in [5, 5.41) is 2.63. The van der Waals surface area contributed by atoms with Crippen LogP contribution in [0.25, 0.3) is 0 Å². The van der Waals surface area contributed by atoms with Crippen LogP contribution in [0.5, 0.6) is 5.75 Å². The van der Waals surface area contributed by atoms with Crippen LogP contribution in [0.1, 0.15) is 15.9 Å². The standard InChI is InChI=1S/C19H21N3O6S/c1-27-17-8-7-15(9-16(17)18(20)23)29(25,26)22-10-14(11-22)21-19(24)28-12-13-5-3-2-4-6-13/h2-9,14H,10-12H2,1H3,(H2,20,23)(H,21,24). The molecule has 3 rings (SSSR count). The second-order valence-electron chi connectivity index (χ2n) is 6.45. The fourth-order valence-corrected chi connectivity index (χ4v) is 4.40. The van der Waals surface area contributed by atoms with Crippen LogP contribution in [0.4, 0.5) is 4.79 Å². The maximum Gasteiger partial charge on any atom is 0.407 e. The fraction of sp³-hybridized carbons (Fsp3) is 0.263. The van der Waals surface area contributed by atoms with Gasteiger partial charge in [-0.1, -0.05) is 30.3 Å². The number of sulfonamides is 1. The molecule has 10 heteroatoms. The van der Waals surface area contributed by atoms with Gasteiger partial charge in [-0.05, 0) is 23.8 Å². The molecule has 1 fully saturated rings. The lowest BCUT2D eigenvalue weighted by atomic mass is 10.2. The number of ether oxygens (including phenoxy) is 2. The Bertz CT molecular complexity index is 1000. The average Bonchev–Trinajstić information content (AvgIpc) is 2.68. The second-order valence-corrected chi connectivity index (χ2v) is 8.39. The number of carbonyl (C=O) groups excluding carboxylic acids is 2. The van der Waals surface area contributed by atoms with Crippen molar-refractivity contribution in [2.75, 3.05) is 20.2 Å². The number of primary amides is 1. The van der Waals surface area contributed by atoms with Crippen LogP contribution in [0.3, 0.4) is 0 Å². The van der Waals surface area contributed by atoms with E-state index in [0.717, 1.165) is 5.56 Å². The Morgan fingerprint density at radius 2 is 1.86 bits per heavy atom. The lowest BCUT2D eigenvalue weighted by Gasteiger charge is -2.38. The van der Waals surface area contributed by atoms with E-state index in [2.05, 4.69) is 5.32 Å². The molecule has 1 aliphatic heterocycles. The lowest BCUT2D eigenvalue weighted by Crippen LogP contribution is -2.60. The maximum absolute atomic E-state index is 12.7. The SMILES string of the molecule is COc1ccc(S(=O)(=O)N2CC(NC(=O)OCc3ccccc3)C2)cc1C(N)=O. The third-order valence-corrected chi connectivity index (χ3v) is 6.28. The molecule has 0 aliphatic carbocycles. The number of hydrogen-bond donors (Lipinski definition) is 2. The zero-order valence-corrected chi connectivity index (χ0v) is 16.5. The molecular formula is C19H21N3O6S. The van der Waals surface area contributed by atoms with Crippen molar-refractivity contribution in [3.63, 3.8) is 0 Å². The van der Waals surface area contributed by atoms with Crippen LogP contribution in [-0.2, 0) is 21.4 Å². The van der Waals surface area contributed by atoms with Crippen LogP contribution in [0.15, 0.2) is 53.4 Å². The molecule has 0 unspecified atom stereocenters. The van der Waals surface area contributed by atoms with E-state index in [4.69, 9.17) is 15.2 Å². The van der Waals surface area contributed by atoms with Gasteiger partial charge in [-0.25, -0.2) is 13.2 Å². The van der Waals surface area contributed by atoms with Crippen LogP contribution in [0, 0.1) is 0 Å². The van der Waals surface area contributed by atoms with Crippen molar-refractivity contribution in [1.29, 1.82) is 0 Å². The predicted molar refractivity (Wildman–Crippen MR) is 104 cm³/mol. The molecule has 2 amide bonds. The normalized spacial score (nSPS) is 14.7. The van der Waals surface area contributed by atoms with E-state index >= 15 is 0 Å². The smallest absolute Gasteiger partial charge is 0.407 e. The summed E-state index contributed by atoms with van der Waals surface area (Å²) in [6.07, 6.45) is -0.614. The van der Waals surface area contributed by atoms with E-state index in [1.54, 1.807) is 0 Å². The molecule has 0 spiro atoms. The summed E-state index contributed by atoms with van der Waals surface area (Å²) in [7, 11) is -2.47. The number of nitrogens with one attached hydrogen (secondary N) is 1. The lowest BCUT2D eigenvalue weighted by molar-refractivity contribution is 0.0996. The maximum atomic E-state index is 12.7. The highest BCUT2D eigenvalue weighted by atomic mass is 32.2. The average molecular weight is 419 g/mol. The number of rotatable bonds is 7. The minimum Gasteiger partial charge on any atom is -0.496 e. The molecular weight excluding hydrogens is 398 g/mol. The Morgan fingerprint density at radius 3 is 2.48 bits per heavy atom. The highest BCUT2D eigenvalue weighted by Gasteiger charge is 2.38. The van der Waals surface area contributed by atoms with E-state index < -0.39 is 22.0 Å². The Hall–Kier alpha value is -3.11. The van der Waals surface area contributed by atoms with Gasteiger partial charge >= 0.3 is 6.09 Å². The zero-order valence-electron chi connectivity index (χ0n) is 15.7. The Balaban J connectivity index is 1.56. The molecule has 0 aromatic heterocycles. The second kappa shape index (κ2) is 8.50. The summed E-state index contributed by atoms with van der Waals surface area (Å²) in [5.74, 6) is -0.594. The summed E-state index contributed by atoms with van der Waals surface area (Å²) in [5.41, 5.74) is 6.12. The van der Waals surface area contributed by atoms with Crippen LogP contribution in [0.2, 0.25) is 0 Å². The van der Waals surface area contributed by atoms with E-state index in [1.165, 1.54) is 29.6 Å². The summed E-state index contributed by atoms with van der Waals surface area (Å²) in [6, 6.07) is 12.8. The van der Waals surface area contributed by atoms with Gasteiger partial charge in [0.15, 0.2) is 0 Å². The first-order valence-corrected chi connectivity index (χ1v) is 10.2. The van der Waals surface area contributed by atoms with Gasteiger partial charge in [0.25, 0.3) is 5.91 Å². The molecule has 2 aromatic rings. The van der Waals surface area contributed by atoms with Crippen molar-refractivity contribution >= 4 is 22.0 Å². The highest BCUT2D eigenvalue weighted by Crippen LogP contribution is 2.26. The van der Waals surface area contributed by atoms with Crippen molar-refractivity contribution < 1.29 is 27.5 Å². The number of benzene rings is 2. The molecule has 3 N–H and O–H groups in total. The van der Waals surface area contributed by atoms with Gasteiger partial charge in [-0.15, -0.1) is 0 Å². The molecule has 9 nitrogen and oxygen atoms in total. The molecule has 1 saturated heterocycles. The number of hydrogen-bond acceptors (Lipinski definition) is 6. The van der Waals surface area contributed by atoms with Crippen molar-refractivity contribution in [1.82, 2.24) is 9.62 Å². The fourth-order valence-electron chi connectivity index (χ4n) is 2.85. The van der Waals surface area contributed by atoms with E-state index in [0.29, 0.717) is 0 Å². The quantitative estimate of drug-likeness (QED) is 0.691. The van der Waals surface area contributed by atoms with E-state index in [-0.39, 0.29) is 41.9 Å².